The van der Waals surface area contributed by atoms with Gasteiger partial charge in [-0.1, -0.05) is 12.1 Å². The van der Waals surface area contributed by atoms with Crippen LogP contribution in [0.1, 0.15) is 21.5 Å². The first kappa shape index (κ1) is 20.1. The Balaban J connectivity index is 1.71. The number of nitrogens with two attached hydrogens (primary N) is 1. The first-order chi connectivity index (χ1) is 13.7. The molecule has 0 saturated heterocycles. The molecule has 3 N–H and O–H groups in total. The molecule has 1 amide bonds. The lowest BCUT2D eigenvalue weighted by atomic mass is 10.2. The molecule has 0 radical (unpaired) electrons. The number of aromatic nitrogens is 1. The fourth-order valence-electron chi connectivity index (χ4n) is 2.53. The topological polar surface area (TPSA) is 77.2 Å². The molecule has 0 aliphatic rings. The zero-order valence-corrected chi connectivity index (χ0v) is 14.8. The highest BCUT2D eigenvalue weighted by Gasteiger charge is 2.31. The van der Waals surface area contributed by atoms with Gasteiger partial charge in [-0.2, -0.15) is 13.2 Å². The van der Waals surface area contributed by atoms with Gasteiger partial charge in [0.05, 0.1) is 11.1 Å². The Morgan fingerprint density at radius 3 is 2.59 bits per heavy atom. The Bertz CT molecular complexity index is 1040. The van der Waals surface area contributed by atoms with E-state index < -0.39 is 23.5 Å². The smallest absolute Gasteiger partial charge is 0.416 e. The highest BCUT2D eigenvalue weighted by Crippen LogP contribution is 2.33. The van der Waals surface area contributed by atoms with Crippen molar-refractivity contribution in [2.75, 3.05) is 5.73 Å². The first-order valence-corrected chi connectivity index (χ1v) is 8.35. The van der Waals surface area contributed by atoms with Crippen LogP contribution < -0.4 is 15.8 Å². The third kappa shape index (κ3) is 5.22. The number of halogens is 4. The van der Waals surface area contributed by atoms with Crippen molar-refractivity contribution in [3.8, 4) is 11.5 Å². The highest BCUT2D eigenvalue weighted by molar-refractivity contribution is 5.98. The van der Waals surface area contributed by atoms with Gasteiger partial charge in [-0.25, -0.2) is 9.37 Å². The molecule has 0 aliphatic heterocycles. The summed E-state index contributed by atoms with van der Waals surface area (Å²) in [6, 6.07) is 11.4. The fourth-order valence-corrected chi connectivity index (χ4v) is 2.53. The van der Waals surface area contributed by atoms with E-state index in [1.807, 2.05) is 0 Å². The fraction of sp³-hybridized carbons (Fsp3) is 0.100. The van der Waals surface area contributed by atoms with Crippen molar-refractivity contribution in [2.24, 2.45) is 0 Å². The average molecular weight is 405 g/mol. The summed E-state index contributed by atoms with van der Waals surface area (Å²) in [7, 11) is 0. The monoisotopic (exact) mass is 405 g/mol. The Morgan fingerprint density at radius 2 is 1.86 bits per heavy atom. The van der Waals surface area contributed by atoms with Crippen LogP contribution in [-0.2, 0) is 12.7 Å². The van der Waals surface area contributed by atoms with Crippen LogP contribution >= 0.6 is 0 Å². The van der Waals surface area contributed by atoms with E-state index in [2.05, 4.69) is 10.3 Å². The van der Waals surface area contributed by atoms with E-state index >= 15 is 0 Å². The molecule has 0 unspecified atom stereocenters. The van der Waals surface area contributed by atoms with Crippen LogP contribution in [0.25, 0.3) is 0 Å². The molecule has 2 aromatic carbocycles. The number of nitrogens with zero attached hydrogens (tertiary/aromatic N) is 1. The zero-order chi connectivity index (χ0) is 21.0. The van der Waals surface area contributed by atoms with Gasteiger partial charge in [0, 0.05) is 18.8 Å². The van der Waals surface area contributed by atoms with Crippen LogP contribution in [0.4, 0.5) is 23.4 Å². The summed E-state index contributed by atoms with van der Waals surface area (Å²) in [5.74, 6) is -1.50. The molecule has 29 heavy (non-hydrogen) atoms. The van der Waals surface area contributed by atoms with E-state index in [4.69, 9.17) is 10.5 Å². The average Bonchev–Trinajstić information content (AvgIpc) is 2.66. The normalized spacial score (nSPS) is 11.2. The number of nitrogen functional groups attached to an aromatic ring is 1. The van der Waals surface area contributed by atoms with Crippen molar-refractivity contribution < 1.29 is 27.1 Å². The van der Waals surface area contributed by atoms with Crippen molar-refractivity contribution >= 4 is 11.7 Å². The van der Waals surface area contributed by atoms with Crippen molar-refractivity contribution in [1.29, 1.82) is 0 Å². The van der Waals surface area contributed by atoms with Gasteiger partial charge in [-0.05, 0) is 42.0 Å². The number of alkyl halides is 3. The van der Waals surface area contributed by atoms with E-state index in [1.165, 1.54) is 24.4 Å². The molecule has 0 atom stereocenters. The molecule has 3 rings (SSSR count). The Kier molecular flexibility index (Phi) is 5.67. The molecular weight excluding hydrogens is 390 g/mol. The quantitative estimate of drug-likeness (QED) is 0.611. The molecule has 0 aliphatic carbocycles. The number of hydrogen-bond donors (Lipinski definition) is 2. The summed E-state index contributed by atoms with van der Waals surface area (Å²) in [5, 5.41) is 2.66. The van der Waals surface area contributed by atoms with Gasteiger partial charge in [0.2, 0.25) is 0 Å². The number of carbonyl (C=O) groups excluding carboxylic acids is 1. The van der Waals surface area contributed by atoms with Gasteiger partial charge in [-0.3, -0.25) is 4.79 Å². The Labute approximate surface area is 163 Å². The second-order valence-corrected chi connectivity index (χ2v) is 6.04. The molecule has 1 heterocycles. The van der Waals surface area contributed by atoms with Crippen LogP contribution in [0.3, 0.4) is 0 Å². The van der Waals surface area contributed by atoms with Gasteiger partial charge in [-0.15, -0.1) is 0 Å². The van der Waals surface area contributed by atoms with Gasteiger partial charge in [0.1, 0.15) is 23.1 Å². The zero-order valence-electron chi connectivity index (χ0n) is 14.8. The van der Waals surface area contributed by atoms with Crippen LogP contribution in [0.15, 0.2) is 60.8 Å². The highest BCUT2D eigenvalue weighted by atomic mass is 19.4. The third-order valence-corrected chi connectivity index (χ3v) is 3.87. The van der Waals surface area contributed by atoms with E-state index in [0.717, 1.165) is 6.07 Å². The lowest BCUT2D eigenvalue weighted by Gasteiger charge is -2.12. The van der Waals surface area contributed by atoms with Gasteiger partial charge < -0.3 is 15.8 Å². The van der Waals surface area contributed by atoms with Crippen molar-refractivity contribution in [3.63, 3.8) is 0 Å². The summed E-state index contributed by atoms with van der Waals surface area (Å²) >= 11 is 0. The molecular formula is C20H15F4N3O2. The number of amides is 1. The summed E-state index contributed by atoms with van der Waals surface area (Å²) in [6.45, 7) is 0.112. The molecule has 0 bridgehead atoms. The van der Waals surface area contributed by atoms with E-state index in [1.54, 1.807) is 18.2 Å². The summed E-state index contributed by atoms with van der Waals surface area (Å²) in [6.07, 6.45) is -3.23. The van der Waals surface area contributed by atoms with Crippen LogP contribution in [0.2, 0.25) is 0 Å². The predicted octanol–water partition coefficient (Wildman–Crippen LogP) is 4.54. The van der Waals surface area contributed by atoms with Gasteiger partial charge >= 0.3 is 6.18 Å². The third-order valence-electron chi connectivity index (χ3n) is 3.87. The largest absolute Gasteiger partial charge is 0.457 e. The molecule has 9 heteroatoms. The number of nitrogens with one attached hydrogen (secondary N) is 1. The van der Waals surface area contributed by atoms with Gasteiger partial charge in [0.15, 0.2) is 0 Å². The number of benzene rings is 2. The maximum Gasteiger partial charge on any atom is 0.416 e. The van der Waals surface area contributed by atoms with Crippen molar-refractivity contribution in [3.05, 3.63) is 83.3 Å². The number of pyridine rings is 1. The van der Waals surface area contributed by atoms with E-state index in [-0.39, 0.29) is 29.4 Å². The molecule has 150 valence electrons. The number of carbonyl (C=O) groups is 1. The molecule has 0 spiro atoms. The lowest BCUT2D eigenvalue weighted by Crippen LogP contribution is -2.24. The second kappa shape index (κ2) is 8.17. The van der Waals surface area contributed by atoms with Crippen LogP contribution in [-0.4, -0.2) is 10.9 Å². The summed E-state index contributed by atoms with van der Waals surface area (Å²) in [4.78, 5) is 16.0. The first-order valence-electron chi connectivity index (χ1n) is 8.35. The molecule has 3 aromatic rings. The molecule has 1 aromatic heterocycles. The SMILES string of the molecule is Nc1ncccc1C(=O)NCc1cccc(Oc2cc(F)cc(C(F)(F)F)c2)c1. The Hall–Kier alpha value is -3.62. The number of rotatable bonds is 5. The Morgan fingerprint density at radius 1 is 1.07 bits per heavy atom. The van der Waals surface area contributed by atoms with Crippen LogP contribution in [0, 0.1) is 5.82 Å². The lowest BCUT2D eigenvalue weighted by molar-refractivity contribution is -0.137. The van der Waals surface area contributed by atoms with Crippen molar-refractivity contribution in [1.82, 2.24) is 10.3 Å². The predicted molar refractivity (Wildman–Crippen MR) is 97.7 cm³/mol. The molecule has 0 fully saturated rings. The number of ether oxygens (including phenoxy) is 1. The molecule has 0 saturated carbocycles. The standard InChI is InChI=1S/C20H15F4N3O2/c21-14-8-13(20(22,23)24)9-16(10-14)29-15-4-1-3-12(7-15)11-27-19(28)17-5-2-6-26-18(17)25/h1-10H,11H2,(H2,25,26)(H,27,28). The van der Waals surface area contributed by atoms with Crippen molar-refractivity contribution in [2.45, 2.75) is 12.7 Å². The van der Waals surface area contributed by atoms with E-state index in [9.17, 15) is 22.4 Å². The minimum absolute atomic E-state index is 0.0913. The molecule has 5 nitrogen and oxygen atoms in total. The minimum Gasteiger partial charge on any atom is -0.457 e. The van der Waals surface area contributed by atoms with Gasteiger partial charge in [0.25, 0.3) is 5.91 Å². The maximum atomic E-state index is 13.5. The number of hydrogen-bond acceptors (Lipinski definition) is 4. The minimum atomic E-state index is -4.69. The second-order valence-electron chi connectivity index (χ2n) is 6.04. The summed E-state index contributed by atoms with van der Waals surface area (Å²) < 4.78 is 57.3. The van der Waals surface area contributed by atoms with Crippen LogP contribution in [0.5, 0.6) is 11.5 Å². The summed E-state index contributed by atoms with van der Waals surface area (Å²) in [5.41, 5.74) is 5.34. The van der Waals surface area contributed by atoms with E-state index in [0.29, 0.717) is 17.7 Å². The number of anilines is 1. The maximum absolute atomic E-state index is 13.5.